The SMILES string of the molecule is CC1(C)CNC(=O)c2ccc(cc2)Nc2nc(nc(OCC(F)(F)F)n2)NCc2ccc(c(Cl)c2)OCCCN(C(=O)CC(C)(C)n2cccc2)C1. The molecule has 0 atom stereocenters. The van der Waals surface area contributed by atoms with Gasteiger partial charge in [-0.3, -0.25) is 9.59 Å². The van der Waals surface area contributed by atoms with Crippen LogP contribution in [0.1, 0.15) is 56.5 Å². The van der Waals surface area contributed by atoms with E-state index in [1.807, 2.05) is 61.7 Å². The highest BCUT2D eigenvalue weighted by atomic mass is 35.5. The van der Waals surface area contributed by atoms with Crippen LogP contribution in [0.15, 0.2) is 67.0 Å². The number of hydrogen-bond donors (Lipinski definition) is 3. The Balaban J connectivity index is 1.38. The Morgan fingerprint density at radius 3 is 2.42 bits per heavy atom. The van der Waals surface area contributed by atoms with Gasteiger partial charge in [-0.2, -0.15) is 28.1 Å². The molecular formula is C36H42ClF3N8O4. The van der Waals surface area contributed by atoms with Gasteiger partial charge in [0.1, 0.15) is 5.75 Å². The zero-order chi connectivity index (χ0) is 37.5. The summed E-state index contributed by atoms with van der Waals surface area (Å²) in [6, 6.07) is 14.9. The summed E-state index contributed by atoms with van der Waals surface area (Å²) in [5.41, 5.74) is 0.620. The molecule has 6 bridgehead atoms. The van der Waals surface area contributed by atoms with Gasteiger partial charge in [0.2, 0.25) is 17.8 Å². The molecule has 3 N–H and O–H groups in total. The van der Waals surface area contributed by atoms with Crippen LogP contribution < -0.4 is 25.4 Å². The van der Waals surface area contributed by atoms with E-state index < -0.39 is 29.7 Å². The van der Waals surface area contributed by atoms with Crippen LogP contribution in [0.5, 0.6) is 11.8 Å². The van der Waals surface area contributed by atoms with Crippen molar-refractivity contribution < 1.29 is 32.2 Å². The molecule has 6 heterocycles. The Hall–Kier alpha value is -5.05. The third kappa shape index (κ3) is 11.0. The zero-order valence-corrected chi connectivity index (χ0v) is 30.1. The van der Waals surface area contributed by atoms with Crippen molar-refractivity contribution in [2.24, 2.45) is 5.41 Å². The highest BCUT2D eigenvalue weighted by Crippen LogP contribution is 2.28. The average molecular weight is 743 g/mol. The molecular weight excluding hydrogens is 701 g/mol. The average Bonchev–Trinajstić information content (AvgIpc) is 3.64. The number of carbonyl (C=O) groups excluding carboxylic acids is 2. The van der Waals surface area contributed by atoms with Crippen molar-refractivity contribution in [2.75, 3.05) is 43.5 Å². The molecule has 2 amide bonds. The van der Waals surface area contributed by atoms with Crippen LogP contribution in [0.2, 0.25) is 5.02 Å². The first-order valence-corrected chi connectivity index (χ1v) is 17.1. The number of halogens is 4. The Labute approximate surface area is 305 Å². The maximum atomic E-state index is 13.8. The van der Waals surface area contributed by atoms with Gasteiger partial charge in [0.15, 0.2) is 6.61 Å². The molecule has 0 aliphatic carbocycles. The molecule has 0 radical (unpaired) electrons. The molecule has 0 fully saturated rings. The summed E-state index contributed by atoms with van der Waals surface area (Å²) < 4.78 is 51.5. The molecule has 0 spiro atoms. The molecule has 4 aliphatic heterocycles. The van der Waals surface area contributed by atoms with E-state index in [4.69, 9.17) is 21.1 Å². The van der Waals surface area contributed by atoms with Crippen LogP contribution in [0.4, 0.5) is 30.8 Å². The lowest BCUT2D eigenvalue weighted by atomic mass is 9.91. The zero-order valence-electron chi connectivity index (χ0n) is 29.4. The number of carbonyl (C=O) groups is 2. The van der Waals surface area contributed by atoms with Gasteiger partial charge >= 0.3 is 12.2 Å². The number of nitrogens with zero attached hydrogens (tertiary/aromatic N) is 5. The molecule has 8 rings (SSSR count). The van der Waals surface area contributed by atoms with E-state index >= 15 is 0 Å². The van der Waals surface area contributed by atoms with Crippen LogP contribution in [0.3, 0.4) is 0 Å². The quantitative estimate of drug-likeness (QED) is 0.201. The second-order valence-corrected chi connectivity index (χ2v) is 14.3. The van der Waals surface area contributed by atoms with Crippen molar-refractivity contribution in [3.63, 3.8) is 0 Å². The number of benzene rings is 2. The number of rotatable bonds is 5. The second-order valence-electron chi connectivity index (χ2n) is 13.9. The molecule has 2 aromatic carbocycles. The first kappa shape index (κ1) is 38.2. The summed E-state index contributed by atoms with van der Waals surface area (Å²) in [6.07, 6.45) is 0.0907. The van der Waals surface area contributed by atoms with E-state index in [-0.39, 0.29) is 49.8 Å². The normalized spacial score (nSPS) is 15.8. The molecule has 16 heteroatoms. The fourth-order valence-corrected chi connectivity index (χ4v) is 5.78. The molecule has 12 nitrogen and oxygen atoms in total. The predicted molar refractivity (Wildman–Crippen MR) is 191 cm³/mol. The Morgan fingerprint density at radius 2 is 1.73 bits per heavy atom. The number of alkyl halides is 3. The molecule has 2 aromatic heterocycles. The third-order valence-electron chi connectivity index (χ3n) is 8.25. The van der Waals surface area contributed by atoms with Crippen molar-refractivity contribution in [2.45, 2.75) is 58.8 Å². The summed E-state index contributed by atoms with van der Waals surface area (Å²) >= 11 is 6.56. The van der Waals surface area contributed by atoms with E-state index in [1.165, 1.54) is 0 Å². The second kappa shape index (κ2) is 16.1. The van der Waals surface area contributed by atoms with E-state index in [2.05, 4.69) is 30.9 Å². The highest BCUT2D eigenvalue weighted by molar-refractivity contribution is 6.32. The molecule has 52 heavy (non-hydrogen) atoms. The number of hydrogen-bond acceptors (Lipinski definition) is 9. The summed E-state index contributed by atoms with van der Waals surface area (Å²) in [4.78, 5) is 41.1. The van der Waals surface area contributed by atoms with Crippen LogP contribution >= 0.6 is 11.6 Å². The summed E-state index contributed by atoms with van der Waals surface area (Å²) in [6.45, 7) is 7.99. The molecule has 0 saturated carbocycles. The van der Waals surface area contributed by atoms with Gasteiger partial charge in [0, 0.05) is 61.8 Å². The number of amides is 2. The third-order valence-corrected chi connectivity index (χ3v) is 8.54. The summed E-state index contributed by atoms with van der Waals surface area (Å²) in [5, 5.41) is 9.22. The fraction of sp³-hybridized carbons (Fsp3) is 0.417. The van der Waals surface area contributed by atoms with E-state index in [0.29, 0.717) is 41.5 Å². The van der Waals surface area contributed by atoms with Crippen molar-refractivity contribution >= 4 is 41.0 Å². The molecule has 0 saturated heterocycles. The first-order valence-electron chi connectivity index (χ1n) is 16.7. The van der Waals surface area contributed by atoms with Gasteiger partial charge in [-0.15, -0.1) is 0 Å². The molecule has 0 unspecified atom stereocenters. The Morgan fingerprint density at radius 1 is 1.02 bits per heavy atom. The minimum atomic E-state index is -4.60. The van der Waals surface area contributed by atoms with E-state index in [9.17, 15) is 22.8 Å². The van der Waals surface area contributed by atoms with Gasteiger partial charge < -0.3 is 34.9 Å². The fourth-order valence-electron chi connectivity index (χ4n) is 5.52. The summed E-state index contributed by atoms with van der Waals surface area (Å²) in [5.74, 6) is -0.00327. The first-order chi connectivity index (χ1) is 24.5. The lowest BCUT2D eigenvalue weighted by Gasteiger charge is -2.35. The van der Waals surface area contributed by atoms with Crippen molar-refractivity contribution in [1.82, 2.24) is 29.7 Å². The predicted octanol–water partition coefficient (Wildman–Crippen LogP) is 6.82. The Bertz CT molecular complexity index is 1840. The number of nitrogens with one attached hydrogen (secondary N) is 3. The molecule has 4 aliphatic rings. The summed E-state index contributed by atoms with van der Waals surface area (Å²) in [7, 11) is 0. The minimum Gasteiger partial charge on any atom is -0.492 e. The van der Waals surface area contributed by atoms with Crippen LogP contribution in [-0.4, -0.2) is 75.3 Å². The van der Waals surface area contributed by atoms with E-state index in [1.54, 1.807) is 42.5 Å². The number of anilines is 3. The van der Waals surface area contributed by atoms with Crippen molar-refractivity contribution in [1.29, 1.82) is 0 Å². The topological polar surface area (TPSA) is 136 Å². The standard InChI is InChI=1S/C36H42ClF3N8O4/c1-34(2)21-42-30(50)25-9-11-26(12-10-25)43-32-44-31(45-33(46-32)52-23-36(38,39)40)41-20-24-8-13-28(27(37)18-24)51-17-7-14-47(22-34)29(49)19-35(3,4)48-15-5-6-16-48/h5-6,8-13,15-16,18H,7,14,17,19-23H2,1-4H3,(H,42,50)(H2,41,43,44,45,46). The van der Waals surface area contributed by atoms with Gasteiger partial charge in [0.05, 0.1) is 11.6 Å². The molecule has 4 aromatic rings. The van der Waals surface area contributed by atoms with Gasteiger partial charge in [-0.25, -0.2) is 0 Å². The maximum Gasteiger partial charge on any atom is 0.422 e. The smallest absolute Gasteiger partial charge is 0.422 e. The lowest BCUT2D eigenvalue weighted by molar-refractivity contribution is -0.154. The monoisotopic (exact) mass is 742 g/mol. The minimum absolute atomic E-state index is 0.0140. The maximum absolute atomic E-state index is 13.8. The van der Waals surface area contributed by atoms with Crippen LogP contribution in [0, 0.1) is 5.41 Å². The Kier molecular flexibility index (Phi) is 11.8. The van der Waals surface area contributed by atoms with Crippen molar-refractivity contribution in [3.8, 4) is 11.8 Å². The van der Waals surface area contributed by atoms with Gasteiger partial charge in [-0.1, -0.05) is 31.5 Å². The van der Waals surface area contributed by atoms with Gasteiger partial charge in [0.25, 0.3) is 5.91 Å². The lowest BCUT2D eigenvalue weighted by Crippen LogP contribution is -2.46. The van der Waals surface area contributed by atoms with Gasteiger partial charge in [-0.05, 0) is 79.8 Å². The number of aromatic nitrogens is 4. The highest BCUT2D eigenvalue weighted by Gasteiger charge is 2.31. The van der Waals surface area contributed by atoms with Crippen LogP contribution in [0.25, 0.3) is 0 Å². The van der Waals surface area contributed by atoms with Crippen molar-refractivity contribution in [3.05, 3.63) is 83.1 Å². The van der Waals surface area contributed by atoms with Crippen LogP contribution in [-0.2, 0) is 16.9 Å². The molecule has 278 valence electrons. The number of ether oxygens (including phenoxy) is 2. The largest absolute Gasteiger partial charge is 0.492 e. The van der Waals surface area contributed by atoms with E-state index in [0.717, 1.165) is 5.56 Å².